The number of hydrogen-bond acceptors (Lipinski definition) is 5. The molecule has 5 unspecified atom stereocenters. The fraction of sp³-hybridized carbons (Fsp3) is 0.618. The van der Waals surface area contributed by atoms with Gasteiger partial charge in [-0.15, -0.1) is 0 Å². The lowest BCUT2D eigenvalue weighted by atomic mass is 9.63. The molecule has 0 bridgehead atoms. The number of imidazole rings is 1. The van der Waals surface area contributed by atoms with Gasteiger partial charge in [-0.1, -0.05) is 59.8 Å². The first kappa shape index (κ1) is 29.7. The Morgan fingerprint density at radius 1 is 1.05 bits per heavy atom. The van der Waals surface area contributed by atoms with E-state index in [9.17, 15) is 4.79 Å². The number of fused-ring (bicyclic) bond motifs is 1. The van der Waals surface area contributed by atoms with E-state index in [-0.39, 0.29) is 23.9 Å². The van der Waals surface area contributed by atoms with E-state index in [1.807, 2.05) is 18.7 Å². The van der Waals surface area contributed by atoms with E-state index in [4.69, 9.17) is 21.9 Å². The second kappa shape index (κ2) is 11.8. The third kappa shape index (κ3) is 5.68. The molecule has 222 valence electrons. The second-order valence-corrected chi connectivity index (χ2v) is 13.7. The Balaban J connectivity index is 1.46. The van der Waals surface area contributed by atoms with Crippen LogP contribution in [0, 0.1) is 35.0 Å². The first-order chi connectivity index (χ1) is 19.5. The minimum absolute atomic E-state index is 0.0282. The third-order valence-corrected chi connectivity index (χ3v) is 9.82. The van der Waals surface area contributed by atoms with E-state index < -0.39 is 6.04 Å². The van der Waals surface area contributed by atoms with Gasteiger partial charge in [0.2, 0.25) is 5.91 Å². The van der Waals surface area contributed by atoms with Crippen molar-refractivity contribution in [2.75, 3.05) is 6.54 Å². The molecule has 1 fully saturated rings. The summed E-state index contributed by atoms with van der Waals surface area (Å²) in [6.07, 6.45) is 14.5. The Bertz CT molecular complexity index is 1310. The summed E-state index contributed by atoms with van der Waals surface area (Å²) in [7, 11) is 0. The van der Waals surface area contributed by atoms with Crippen LogP contribution in [0.2, 0.25) is 0 Å². The molecule has 0 spiro atoms. The minimum atomic E-state index is -0.475. The first-order valence-corrected chi connectivity index (χ1v) is 15.8. The van der Waals surface area contributed by atoms with E-state index in [2.05, 4.69) is 57.0 Å². The highest BCUT2D eigenvalue weighted by atomic mass is 16.2. The Hall–Kier alpha value is -2.77. The maximum absolute atomic E-state index is 13.1. The van der Waals surface area contributed by atoms with Crippen LogP contribution in [0.3, 0.4) is 0 Å². The van der Waals surface area contributed by atoms with Crippen molar-refractivity contribution in [1.82, 2.24) is 14.9 Å². The maximum Gasteiger partial charge on any atom is 0.240 e. The van der Waals surface area contributed by atoms with Gasteiger partial charge in [-0.05, 0) is 90.1 Å². The molecule has 41 heavy (non-hydrogen) atoms. The predicted octanol–water partition coefficient (Wildman–Crippen LogP) is 5.86. The number of aromatic amines is 1. The highest BCUT2D eigenvalue weighted by molar-refractivity contribution is 5.89. The molecular formula is C34H50N6O. The summed E-state index contributed by atoms with van der Waals surface area (Å²) < 4.78 is 0. The summed E-state index contributed by atoms with van der Waals surface area (Å²) >= 11 is 0. The number of hydrogen-bond donors (Lipinski definition) is 4. The van der Waals surface area contributed by atoms with Crippen molar-refractivity contribution >= 4 is 17.7 Å². The zero-order valence-electron chi connectivity index (χ0n) is 25.8. The Labute approximate surface area is 246 Å². The molecule has 7 heteroatoms. The maximum atomic E-state index is 13.1. The van der Waals surface area contributed by atoms with Crippen LogP contribution in [0.4, 0.5) is 0 Å². The van der Waals surface area contributed by atoms with Gasteiger partial charge >= 0.3 is 0 Å². The lowest BCUT2D eigenvalue weighted by Crippen LogP contribution is -2.46. The smallest absolute Gasteiger partial charge is 0.240 e. The number of rotatable bonds is 7. The lowest BCUT2D eigenvalue weighted by Gasteiger charge is -2.41. The molecule has 1 aromatic rings. The van der Waals surface area contributed by atoms with Crippen molar-refractivity contribution in [3.05, 3.63) is 57.7 Å². The number of nitrogens with two attached hydrogens (primary N) is 2. The number of nitrogens with one attached hydrogen (secondary N) is 2. The van der Waals surface area contributed by atoms with Crippen molar-refractivity contribution in [2.45, 2.75) is 98.2 Å². The van der Waals surface area contributed by atoms with Crippen LogP contribution in [0.1, 0.15) is 96.9 Å². The summed E-state index contributed by atoms with van der Waals surface area (Å²) in [5.74, 6) is 2.82. The molecule has 5 atom stereocenters. The van der Waals surface area contributed by atoms with Gasteiger partial charge in [-0.3, -0.25) is 4.79 Å². The van der Waals surface area contributed by atoms with Gasteiger partial charge < -0.3 is 26.8 Å². The van der Waals surface area contributed by atoms with E-state index in [1.54, 1.807) is 0 Å². The van der Waals surface area contributed by atoms with Gasteiger partial charge in [-0.2, -0.15) is 0 Å². The number of H-pyrrole nitrogens is 1. The molecule has 5 rings (SSSR count). The number of nitrogens with zero attached hydrogens (tertiary/aromatic N) is 2. The van der Waals surface area contributed by atoms with E-state index >= 15 is 0 Å². The predicted molar refractivity (Wildman–Crippen MR) is 167 cm³/mol. The van der Waals surface area contributed by atoms with Crippen LogP contribution >= 0.6 is 0 Å². The van der Waals surface area contributed by atoms with Crippen molar-refractivity contribution in [3.8, 4) is 0 Å². The highest BCUT2D eigenvalue weighted by Gasteiger charge is 2.39. The molecule has 3 aliphatic carbocycles. The molecule has 2 heterocycles. The molecule has 1 aliphatic heterocycles. The largest absolute Gasteiger partial charge is 0.344 e. The number of aryl methyl sites for hydroxylation is 1. The lowest BCUT2D eigenvalue weighted by molar-refractivity contribution is -0.134. The summed E-state index contributed by atoms with van der Waals surface area (Å²) in [4.78, 5) is 23.8. The zero-order chi connectivity index (χ0) is 29.6. The quantitative estimate of drug-likeness (QED) is 0.334. The van der Waals surface area contributed by atoms with Crippen molar-refractivity contribution < 1.29 is 4.79 Å². The standard InChI is InChI=1S/C34H50N6O/c1-18(2)30-23(21-9-13-25(35)26(36)16-21)11-12-24(31(30)19(3)4)22-10-14-27-28(17-22)39-33(38-27)29-8-7-15-40(29)34(41)32(37)20(5)6/h9,11-12,17-20,26,29-32,35H,7-8,10,13-16,36-37H2,1-6H3,(H,38,39). The summed E-state index contributed by atoms with van der Waals surface area (Å²) in [6, 6.07) is -0.677. The average Bonchev–Trinajstić information content (AvgIpc) is 3.59. The highest BCUT2D eigenvalue weighted by Crippen LogP contribution is 2.48. The molecule has 4 aliphatic rings. The fourth-order valence-corrected chi connectivity index (χ4v) is 7.47. The Kier molecular flexibility index (Phi) is 8.58. The van der Waals surface area contributed by atoms with Gasteiger partial charge in [0.25, 0.3) is 0 Å². The van der Waals surface area contributed by atoms with E-state index in [1.165, 1.54) is 28.0 Å². The van der Waals surface area contributed by atoms with Crippen molar-refractivity contribution in [2.24, 2.45) is 41.1 Å². The van der Waals surface area contributed by atoms with Gasteiger partial charge in [0.15, 0.2) is 0 Å². The molecule has 0 saturated carbocycles. The number of amides is 1. The molecule has 1 amide bonds. The molecule has 0 aromatic carbocycles. The van der Waals surface area contributed by atoms with Crippen LogP contribution in [0.25, 0.3) is 6.08 Å². The van der Waals surface area contributed by atoms with Crippen molar-refractivity contribution in [3.63, 3.8) is 0 Å². The SMILES string of the molecule is CC(C)C(N)C(=O)N1CCCC1c1nc2c([nH]1)CCC(C1=CC=C(C3=CCC(=N)C(N)C3)C(C(C)C)C1C(C)C)=C2. The van der Waals surface area contributed by atoms with Gasteiger partial charge in [-0.25, -0.2) is 4.98 Å². The number of allylic oxidation sites excluding steroid dienone is 6. The van der Waals surface area contributed by atoms with Crippen molar-refractivity contribution in [1.29, 1.82) is 5.41 Å². The van der Waals surface area contributed by atoms with Gasteiger partial charge in [0.1, 0.15) is 5.82 Å². The number of carbonyl (C=O) groups excluding carboxylic acids is 1. The molecule has 0 radical (unpaired) electrons. The summed E-state index contributed by atoms with van der Waals surface area (Å²) in [5, 5.41) is 8.15. The molecule has 6 N–H and O–H groups in total. The number of carbonyl (C=O) groups is 1. The summed E-state index contributed by atoms with van der Waals surface area (Å²) in [6.45, 7) is 14.1. The monoisotopic (exact) mass is 558 g/mol. The Morgan fingerprint density at radius 2 is 1.71 bits per heavy atom. The molecule has 7 nitrogen and oxygen atoms in total. The minimum Gasteiger partial charge on any atom is -0.344 e. The molecule has 1 saturated heterocycles. The topological polar surface area (TPSA) is 125 Å². The normalized spacial score (nSPS) is 27.6. The average molecular weight is 559 g/mol. The van der Waals surface area contributed by atoms with Gasteiger partial charge in [0, 0.05) is 30.4 Å². The van der Waals surface area contributed by atoms with Crippen LogP contribution in [-0.2, 0) is 11.2 Å². The molecule has 1 aromatic heterocycles. The van der Waals surface area contributed by atoms with Gasteiger partial charge in [0.05, 0.1) is 17.8 Å². The van der Waals surface area contributed by atoms with Crippen LogP contribution in [-0.4, -0.2) is 45.1 Å². The van der Waals surface area contributed by atoms with Crippen LogP contribution < -0.4 is 11.5 Å². The molecular weight excluding hydrogens is 508 g/mol. The fourth-order valence-electron chi connectivity index (χ4n) is 7.47. The van der Waals surface area contributed by atoms with E-state index in [0.29, 0.717) is 35.8 Å². The second-order valence-electron chi connectivity index (χ2n) is 13.7. The number of aromatic nitrogens is 2. The van der Waals surface area contributed by atoms with Crippen LogP contribution in [0.15, 0.2) is 40.5 Å². The van der Waals surface area contributed by atoms with E-state index in [0.717, 1.165) is 50.2 Å². The zero-order valence-corrected chi connectivity index (χ0v) is 25.8. The van der Waals surface area contributed by atoms with Crippen LogP contribution in [0.5, 0.6) is 0 Å². The first-order valence-electron chi connectivity index (χ1n) is 15.8. The number of likely N-dealkylation sites (tertiary alicyclic amines) is 1. The third-order valence-electron chi connectivity index (χ3n) is 9.82. The Morgan fingerprint density at radius 3 is 2.32 bits per heavy atom. The summed E-state index contributed by atoms with van der Waals surface area (Å²) in [5.41, 5.74) is 21.0.